The molecule has 0 amide bonds. The molecule has 106 valence electrons. The molecule has 1 aliphatic heterocycles. The van der Waals surface area contributed by atoms with Crippen LogP contribution in [0.3, 0.4) is 0 Å². The van der Waals surface area contributed by atoms with Gasteiger partial charge in [-0.05, 0) is 58.7 Å². The van der Waals surface area contributed by atoms with E-state index in [-0.39, 0.29) is 0 Å². The lowest BCUT2D eigenvalue weighted by molar-refractivity contribution is 0.456. The lowest BCUT2D eigenvalue weighted by atomic mass is 10.0. The molecule has 0 aliphatic carbocycles. The van der Waals surface area contributed by atoms with Crippen LogP contribution in [0.4, 0.5) is 5.69 Å². The predicted octanol–water partition coefficient (Wildman–Crippen LogP) is 3.42. The van der Waals surface area contributed by atoms with Gasteiger partial charge in [-0.15, -0.1) is 0 Å². The second-order valence-electron chi connectivity index (χ2n) is 5.87. The Hall–Kier alpha value is -1.09. The molecule has 3 heteroatoms. The maximum absolute atomic E-state index is 4.51. The number of aromatic nitrogens is 1. The number of anilines is 1. The summed E-state index contributed by atoms with van der Waals surface area (Å²) in [7, 11) is 0. The quantitative estimate of drug-likeness (QED) is 0.872. The molecule has 1 aliphatic rings. The van der Waals surface area contributed by atoms with Crippen molar-refractivity contribution in [1.82, 2.24) is 10.3 Å². The van der Waals surface area contributed by atoms with Crippen molar-refractivity contribution in [2.45, 2.75) is 65.0 Å². The van der Waals surface area contributed by atoms with Crippen LogP contribution in [0.5, 0.6) is 0 Å². The normalized spacial score (nSPS) is 21.7. The van der Waals surface area contributed by atoms with Gasteiger partial charge >= 0.3 is 0 Å². The molecule has 0 saturated carbocycles. The van der Waals surface area contributed by atoms with E-state index in [0.29, 0.717) is 12.1 Å². The monoisotopic (exact) mass is 261 g/mol. The fourth-order valence-corrected chi connectivity index (χ4v) is 2.89. The SMILES string of the molecule is Cc1ccc(NC(C)CC2CCCCCN2)c(C)n1. The Morgan fingerprint density at radius 3 is 2.95 bits per heavy atom. The van der Waals surface area contributed by atoms with Crippen molar-refractivity contribution in [2.75, 3.05) is 11.9 Å². The molecule has 0 spiro atoms. The highest BCUT2D eigenvalue weighted by atomic mass is 15.0. The summed E-state index contributed by atoms with van der Waals surface area (Å²) in [5.74, 6) is 0. The van der Waals surface area contributed by atoms with Gasteiger partial charge in [0.25, 0.3) is 0 Å². The van der Waals surface area contributed by atoms with Gasteiger partial charge in [0.2, 0.25) is 0 Å². The Morgan fingerprint density at radius 2 is 2.16 bits per heavy atom. The van der Waals surface area contributed by atoms with Crippen LogP contribution in [0.25, 0.3) is 0 Å². The van der Waals surface area contributed by atoms with Crippen LogP contribution in [-0.4, -0.2) is 23.6 Å². The zero-order valence-corrected chi connectivity index (χ0v) is 12.5. The summed E-state index contributed by atoms with van der Waals surface area (Å²) in [5, 5.41) is 7.27. The molecule has 1 aromatic rings. The lowest BCUT2D eigenvalue weighted by Crippen LogP contribution is -2.33. The minimum absolute atomic E-state index is 0.485. The van der Waals surface area contributed by atoms with Crippen molar-refractivity contribution < 1.29 is 0 Å². The first kappa shape index (κ1) is 14.3. The van der Waals surface area contributed by atoms with E-state index in [1.807, 2.05) is 6.92 Å². The number of pyridine rings is 1. The van der Waals surface area contributed by atoms with E-state index in [2.05, 4.69) is 41.6 Å². The summed E-state index contributed by atoms with van der Waals surface area (Å²) in [6, 6.07) is 5.38. The minimum atomic E-state index is 0.485. The molecule has 0 bridgehead atoms. The van der Waals surface area contributed by atoms with E-state index in [1.165, 1.54) is 44.3 Å². The molecule has 2 rings (SSSR count). The van der Waals surface area contributed by atoms with Crippen LogP contribution in [0, 0.1) is 13.8 Å². The predicted molar refractivity (Wildman–Crippen MR) is 81.7 cm³/mol. The topological polar surface area (TPSA) is 37.0 Å². The van der Waals surface area contributed by atoms with E-state index in [9.17, 15) is 0 Å². The Labute approximate surface area is 117 Å². The Kier molecular flexibility index (Phi) is 5.20. The fraction of sp³-hybridized carbons (Fsp3) is 0.688. The van der Waals surface area contributed by atoms with Crippen LogP contribution < -0.4 is 10.6 Å². The van der Waals surface area contributed by atoms with Crippen molar-refractivity contribution in [3.8, 4) is 0 Å². The second-order valence-corrected chi connectivity index (χ2v) is 5.87. The molecule has 19 heavy (non-hydrogen) atoms. The molecule has 1 saturated heterocycles. The largest absolute Gasteiger partial charge is 0.381 e. The lowest BCUT2D eigenvalue weighted by Gasteiger charge is -2.23. The fourth-order valence-electron chi connectivity index (χ4n) is 2.89. The van der Waals surface area contributed by atoms with Crippen LogP contribution in [0.2, 0.25) is 0 Å². The van der Waals surface area contributed by atoms with Gasteiger partial charge in [-0.3, -0.25) is 4.98 Å². The average molecular weight is 261 g/mol. The summed E-state index contributed by atoms with van der Waals surface area (Å²) in [5.41, 5.74) is 3.36. The van der Waals surface area contributed by atoms with Gasteiger partial charge in [0.05, 0.1) is 11.4 Å². The molecular formula is C16H27N3. The number of nitrogens with one attached hydrogen (secondary N) is 2. The number of hydrogen-bond acceptors (Lipinski definition) is 3. The first-order valence-corrected chi connectivity index (χ1v) is 7.59. The highest BCUT2D eigenvalue weighted by Gasteiger charge is 2.15. The van der Waals surface area contributed by atoms with Crippen LogP contribution in [0.1, 0.15) is 50.4 Å². The van der Waals surface area contributed by atoms with Gasteiger partial charge in [-0.1, -0.05) is 12.8 Å². The number of hydrogen-bond donors (Lipinski definition) is 2. The molecule has 2 heterocycles. The second kappa shape index (κ2) is 6.90. The molecular weight excluding hydrogens is 234 g/mol. The summed E-state index contributed by atoms with van der Waals surface area (Å²) >= 11 is 0. The van der Waals surface area contributed by atoms with E-state index in [4.69, 9.17) is 0 Å². The summed E-state index contributed by atoms with van der Waals surface area (Å²) in [4.78, 5) is 4.51. The molecule has 0 aromatic carbocycles. The smallest absolute Gasteiger partial charge is 0.0606 e. The van der Waals surface area contributed by atoms with E-state index < -0.39 is 0 Å². The van der Waals surface area contributed by atoms with Crippen LogP contribution in [-0.2, 0) is 0 Å². The maximum Gasteiger partial charge on any atom is 0.0606 e. The number of nitrogens with zero attached hydrogens (tertiary/aromatic N) is 1. The number of rotatable bonds is 4. The molecule has 2 atom stereocenters. The summed E-state index contributed by atoms with van der Waals surface area (Å²) in [6.07, 6.45) is 6.59. The van der Waals surface area contributed by atoms with Gasteiger partial charge in [-0.2, -0.15) is 0 Å². The third kappa shape index (κ3) is 4.50. The third-order valence-electron chi connectivity index (χ3n) is 3.93. The molecule has 1 aromatic heterocycles. The van der Waals surface area contributed by atoms with E-state index in [1.54, 1.807) is 0 Å². The van der Waals surface area contributed by atoms with E-state index >= 15 is 0 Å². The van der Waals surface area contributed by atoms with Crippen molar-refractivity contribution in [3.63, 3.8) is 0 Å². The maximum atomic E-state index is 4.51. The van der Waals surface area contributed by atoms with Gasteiger partial charge < -0.3 is 10.6 Å². The molecule has 2 unspecified atom stereocenters. The Morgan fingerprint density at radius 1 is 1.32 bits per heavy atom. The zero-order chi connectivity index (χ0) is 13.7. The zero-order valence-electron chi connectivity index (χ0n) is 12.5. The van der Waals surface area contributed by atoms with Crippen molar-refractivity contribution in [1.29, 1.82) is 0 Å². The Bertz CT molecular complexity index is 395. The van der Waals surface area contributed by atoms with Crippen LogP contribution >= 0.6 is 0 Å². The van der Waals surface area contributed by atoms with Crippen molar-refractivity contribution >= 4 is 5.69 Å². The first-order valence-electron chi connectivity index (χ1n) is 7.59. The van der Waals surface area contributed by atoms with Gasteiger partial charge in [0.15, 0.2) is 0 Å². The highest BCUT2D eigenvalue weighted by Crippen LogP contribution is 2.17. The van der Waals surface area contributed by atoms with E-state index in [0.717, 1.165) is 11.4 Å². The standard InChI is InChI=1S/C16H27N3/c1-12-8-9-16(14(3)18-12)19-13(2)11-15-7-5-4-6-10-17-15/h8-9,13,15,17,19H,4-7,10-11H2,1-3H3. The summed E-state index contributed by atoms with van der Waals surface area (Å²) < 4.78 is 0. The minimum Gasteiger partial charge on any atom is -0.381 e. The van der Waals surface area contributed by atoms with Gasteiger partial charge in [0.1, 0.15) is 0 Å². The highest BCUT2D eigenvalue weighted by molar-refractivity contribution is 5.48. The van der Waals surface area contributed by atoms with Gasteiger partial charge in [-0.25, -0.2) is 0 Å². The molecule has 0 radical (unpaired) electrons. The molecule has 1 fully saturated rings. The molecule has 2 N–H and O–H groups in total. The number of aryl methyl sites for hydroxylation is 2. The average Bonchev–Trinajstić information content (AvgIpc) is 2.61. The van der Waals surface area contributed by atoms with Crippen molar-refractivity contribution in [2.24, 2.45) is 0 Å². The first-order chi connectivity index (χ1) is 9.15. The molecule has 3 nitrogen and oxygen atoms in total. The Balaban J connectivity index is 1.87. The third-order valence-corrected chi connectivity index (χ3v) is 3.93. The van der Waals surface area contributed by atoms with Gasteiger partial charge in [0, 0.05) is 17.8 Å². The van der Waals surface area contributed by atoms with Crippen molar-refractivity contribution in [3.05, 3.63) is 23.5 Å². The van der Waals surface area contributed by atoms with Crippen LogP contribution in [0.15, 0.2) is 12.1 Å². The summed E-state index contributed by atoms with van der Waals surface area (Å²) in [6.45, 7) is 7.57.